The Bertz CT molecular complexity index is 1400. The van der Waals surface area contributed by atoms with Gasteiger partial charge in [-0.2, -0.15) is 5.26 Å². The van der Waals surface area contributed by atoms with Crippen LogP contribution >= 0.6 is 11.8 Å². The number of fused-ring (bicyclic) bond motifs is 2. The summed E-state index contributed by atoms with van der Waals surface area (Å²) in [5.41, 5.74) is 0.837. The second kappa shape index (κ2) is 15.9. The largest absolute Gasteiger partial charge is 0.348 e. The molecule has 1 aromatic carbocycles. The minimum absolute atomic E-state index is 0.0754. The molecule has 3 saturated heterocycles. The van der Waals surface area contributed by atoms with Crippen molar-refractivity contribution >= 4 is 17.7 Å². The predicted molar refractivity (Wildman–Crippen MR) is 197 cm³/mol. The lowest BCUT2D eigenvalue weighted by atomic mass is 9.63. The van der Waals surface area contributed by atoms with E-state index < -0.39 is 0 Å². The maximum absolute atomic E-state index is 14.2. The van der Waals surface area contributed by atoms with Gasteiger partial charge in [-0.3, -0.25) is 20.3 Å². The van der Waals surface area contributed by atoms with Crippen molar-refractivity contribution in [3.05, 3.63) is 42.2 Å². The normalized spacial score (nSPS) is 36.1. The van der Waals surface area contributed by atoms with Crippen molar-refractivity contribution in [3.63, 3.8) is 0 Å². The molecule has 1 aromatic rings. The van der Waals surface area contributed by atoms with Gasteiger partial charge in [-0.1, -0.05) is 45.1 Å². The molecule has 6 aliphatic rings. The number of benzene rings is 1. The number of nitriles is 1. The topological polar surface area (TPSA) is 83.9 Å². The highest BCUT2D eigenvalue weighted by atomic mass is 32.2. The summed E-state index contributed by atoms with van der Waals surface area (Å²) in [5, 5.41) is 18.3. The number of amides is 1. The molecule has 6 unspecified atom stereocenters. The van der Waals surface area contributed by atoms with Crippen LogP contribution in [0.3, 0.4) is 0 Å². The van der Waals surface area contributed by atoms with Crippen molar-refractivity contribution in [2.75, 3.05) is 39.8 Å². The highest BCUT2D eigenvalue weighted by Crippen LogP contribution is 2.56. The number of nitrogens with zero attached hydrogens (tertiary/aromatic N) is 4. The second-order valence-electron chi connectivity index (χ2n) is 16.2. The van der Waals surface area contributed by atoms with E-state index in [0.29, 0.717) is 44.0 Å². The zero-order valence-corrected chi connectivity index (χ0v) is 31.0. The number of hydrogen-bond acceptors (Lipinski definition) is 8. The van der Waals surface area contributed by atoms with Gasteiger partial charge in [0.1, 0.15) is 5.82 Å². The first kappa shape index (κ1) is 36.4. The summed E-state index contributed by atoms with van der Waals surface area (Å²) in [5.74, 6) is 0.582. The Balaban J connectivity index is 1.25. The Kier molecular flexibility index (Phi) is 11.6. The number of likely N-dealkylation sites (tertiary alicyclic amines) is 1. The van der Waals surface area contributed by atoms with Crippen molar-refractivity contribution in [1.82, 2.24) is 25.3 Å². The monoisotopic (exact) mass is 706 g/mol. The van der Waals surface area contributed by atoms with E-state index in [1.165, 1.54) is 68.8 Å². The molecule has 1 amide bonds. The molecule has 2 N–H and O–H groups in total. The van der Waals surface area contributed by atoms with E-state index in [2.05, 4.69) is 40.1 Å². The quantitative estimate of drug-likeness (QED) is 0.315. The number of carbonyl (C=O) groups is 1. The van der Waals surface area contributed by atoms with Gasteiger partial charge in [-0.15, -0.1) is 11.8 Å². The third kappa shape index (κ3) is 7.43. The molecule has 5 fully saturated rings. The van der Waals surface area contributed by atoms with Gasteiger partial charge in [0.05, 0.1) is 30.8 Å². The zero-order valence-electron chi connectivity index (χ0n) is 30.2. The van der Waals surface area contributed by atoms with Gasteiger partial charge < -0.3 is 14.5 Å². The molecule has 0 radical (unpaired) electrons. The number of carbonyl (C=O) groups excluding carboxylic acids is 1. The fourth-order valence-corrected chi connectivity index (χ4v) is 12.4. The van der Waals surface area contributed by atoms with E-state index in [0.717, 1.165) is 57.2 Å². The number of nitrogens with one attached hydrogen (secondary N) is 2. The molecule has 10 heteroatoms. The molecule has 50 heavy (non-hydrogen) atoms. The Morgan fingerprint density at radius 3 is 2.62 bits per heavy atom. The van der Waals surface area contributed by atoms with Crippen LogP contribution in [-0.2, 0) is 16.0 Å². The van der Waals surface area contributed by atoms with E-state index >= 15 is 0 Å². The van der Waals surface area contributed by atoms with Crippen LogP contribution in [0.2, 0.25) is 0 Å². The molecule has 7 rings (SSSR count). The van der Waals surface area contributed by atoms with Crippen molar-refractivity contribution in [2.45, 2.75) is 143 Å². The number of ether oxygens (including phenoxy) is 1. The summed E-state index contributed by atoms with van der Waals surface area (Å²) >= 11 is 2.00. The van der Waals surface area contributed by atoms with Crippen LogP contribution in [-0.4, -0.2) is 95.3 Å². The lowest BCUT2D eigenvalue weighted by Crippen LogP contribution is -2.81. The number of halogens is 1. The average molecular weight is 707 g/mol. The Labute approximate surface area is 303 Å². The van der Waals surface area contributed by atoms with Crippen LogP contribution < -0.4 is 10.6 Å². The molecule has 2 aliphatic carbocycles. The number of aryl methyl sites for hydroxylation is 1. The van der Waals surface area contributed by atoms with Crippen LogP contribution in [0.4, 0.5) is 4.39 Å². The maximum Gasteiger partial charge on any atom is 0.246 e. The minimum Gasteiger partial charge on any atom is -0.348 e. The Morgan fingerprint density at radius 2 is 1.88 bits per heavy atom. The highest BCUT2D eigenvalue weighted by molar-refractivity contribution is 8.00. The Morgan fingerprint density at radius 1 is 1.08 bits per heavy atom. The average Bonchev–Trinajstić information content (AvgIpc) is 3.60. The molecule has 274 valence electrons. The smallest absolute Gasteiger partial charge is 0.246 e. The second-order valence-corrected chi connectivity index (χ2v) is 17.7. The van der Waals surface area contributed by atoms with Gasteiger partial charge in [-0.05, 0) is 107 Å². The standard InChI is InChI=1S/C40H59FN6O2S/c1-3-37(48)47-24-23-46(27-32(47)18-21-42)40(30-11-8-6-4-5-7-9-12-30)34-17-20-39(19-16-29-25-31(41)14-15-36(29)50-39)26-35(34)43-38(44-40)49-28-33-13-10-22-45(33)2/h3,14-15,25,30,32-35,38,43-44H,1,4-13,16-20,22-24,26-28H2,2H3/t32?,33?,34?,35?,38?,39-,40?/m1/s1. The summed E-state index contributed by atoms with van der Waals surface area (Å²) < 4.78 is 21.2. The molecular weight excluding hydrogens is 648 g/mol. The first-order chi connectivity index (χ1) is 24.3. The van der Waals surface area contributed by atoms with Crippen molar-refractivity contribution in [1.29, 1.82) is 5.26 Å². The molecule has 4 aliphatic heterocycles. The van der Waals surface area contributed by atoms with Gasteiger partial charge in [0, 0.05) is 47.3 Å². The minimum atomic E-state index is -0.314. The van der Waals surface area contributed by atoms with Gasteiger partial charge in [0.15, 0.2) is 6.35 Å². The van der Waals surface area contributed by atoms with E-state index in [1.54, 1.807) is 12.1 Å². The molecule has 7 atom stereocenters. The summed E-state index contributed by atoms with van der Waals surface area (Å²) in [6, 6.07) is 8.29. The maximum atomic E-state index is 14.2. The summed E-state index contributed by atoms with van der Waals surface area (Å²) in [6.45, 7) is 7.65. The number of likely N-dealkylation sites (N-methyl/N-ethyl adjacent to an activating group) is 1. The first-order valence-corrected chi connectivity index (χ1v) is 20.5. The number of thioether (sulfide) groups is 1. The highest BCUT2D eigenvalue weighted by Gasteiger charge is 2.60. The van der Waals surface area contributed by atoms with E-state index in [9.17, 15) is 14.4 Å². The van der Waals surface area contributed by atoms with Crippen molar-refractivity contribution in [3.8, 4) is 6.07 Å². The van der Waals surface area contributed by atoms with Crippen molar-refractivity contribution < 1.29 is 13.9 Å². The number of hydrogen-bond donors (Lipinski definition) is 2. The fourth-order valence-electron chi connectivity index (χ4n) is 10.8. The molecule has 4 heterocycles. The molecule has 1 spiro atoms. The van der Waals surface area contributed by atoms with Crippen LogP contribution in [0, 0.1) is 29.0 Å². The van der Waals surface area contributed by atoms with Crippen molar-refractivity contribution in [2.24, 2.45) is 11.8 Å². The molecule has 0 aromatic heterocycles. The zero-order chi connectivity index (χ0) is 34.7. The lowest BCUT2D eigenvalue weighted by molar-refractivity contribution is -0.181. The summed E-state index contributed by atoms with van der Waals surface area (Å²) in [7, 11) is 2.22. The molecule has 8 nitrogen and oxygen atoms in total. The third-order valence-corrected chi connectivity index (χ3v) is 15.0. The SMILES string of the molecule is C=CC(=O)N1CCN(C2(C3CCCCCCCC3)NC(OCC3CCCN3C)NC3C[C@@]4(CCc5cc(F)ccc5S4)CCC32)CC1CC#N. The van der Waals surface area contributed by atoms with E-state index in [1.807, 2.05) is 22.7 Å². The summed E-state index contributed by atoms with van der Waals surface area (Å²) in [4.78, 5) is 21.3. The molecule has 2 saturated carbocycles. The lowest BCUT2D eigenvalue weighted by Gasteiger charge is -2.64. The number of piperazine rings is 1. The van der Waals surface area contributed by atoms with Crippen LogP contribution in [0.1, 0.15) is 102 Å². The third-order valence-electron chi connectivity index (χ3n) is 13.4. The van der Waals surface area contributed by atoms with Crippen LogP contribution in [0.5, 0.6) is 0 Å². The van der Waals surface area contributed by atoms with Gasteiger partial charge in [-0.25, -0.2) is 4.39 Å². The summed E-state index contributed by atoms with van der Waals surface area (Å²) in [6.07, 6.45) is 19.1. The molecule has 0 bridgehead atoms. The first-order valence-electron chi connectivity index (χ1n) is 19.7. The molecular formula is C40H59FN6O2S. The fraction of sp³-hybridized carbons (Fsp3) is 0.750. The Hall–Kier alpha value is -2.00. The van der Waals surface area contributed by atoms with Gasteiger partial charge >= 0.3 is 0 Å². The van der Waals surface area contributed by atoms with E-state index in [-0.39, 0.29) is 40.6 Å². The van der Waals surface area contributed by atoms with Crippen LogP contribution in [0.25, 0.3) is 0 Å². The van der Waals surface area contributed by atoms with Gasteiger partial charge in [0.2, 0.25) is 5.91 Å². The van der Waals surface area contributed by atoms with Gasteiger partial charge in [0.25, 0.3) is 0 Å². The number of rotatable bonds is 7. The predicted octanol–water partition coefficient (Wildman–Crippen LogP) is 6.42. The van der Waals surface area contributed by atoms with Crippen LogP contribution in [0.15, 0.2) is 35.7 Å². The van der Waals surface area contributed by atoms with E-state index in [4.69, 9.17) is 4.74 Å².